The Balaban J connectivity index is 1.28. The molecule has 0 N–H and O–H groups in total. The van der Waals surface area contributed by atoms with E-state index in [-0.39, 0.29) is 0 Å². The molecule has 186 valence electrons. The summed E-state index contributed by atoms with van der Waals surface area (Å²) in [7, 11) is 0. The third-order valence-corrected chi connectivity index (χ3v) is 8.71. The van der Waals surface area contributed by atoms with Gasteiger partial charge in [0.05, 0.1) is 10.9 Å². The molecule has 1 aliphatic heterocycles. The summed E-state index contributed by atoms with van der Waals surface area (Å²) >= 11 is 6.99. The van der Waals surface area contributed by atoms with Crippen LogP contribution in [-0.2, 0) is 6.54 Å². The third-order valence-electron chi connectivity index (χ3n) is 8.23. The highest BCUT2D eigenvalue weighted by molar-refractivity contribution is 6.33. The van der Waals surface area contributed by atoms with E-state index in [0.29, 0.717) is 0 Å². The second kappa shape index (κ2) is 9.15. The van der Waals surface area contributed by atoms with Gasteiger partial charge in [-0.2, -0.15) is 4.58 Å². The van der Waals surface area contributed by atoms with Gasteiger partial charge in [0.15, 0.2) is 0 Å². The molecule has 0 bridgehead atoms. The molecular weight excluding hydrogens is 484 g/mol. The molecule has 0 saturated heterocycles. The van der Waals surface area contributed by atoms with Crippen molar-refractivity contribution in [2.24, 2.45) is 0 Å². The van der Waals surface area contributed by atoms with Crippen LogP contribution in [0, 0.1) is 0 Å². The first-order chi connectivity index (χ1) is 18.7. The van der Waals surface area contributed by atoms with Gasteiger partial charge in [0.2, 0.25) is 11.4 Å². The van der Waals surface area contributed by atoms with Gasteiger partial charge < -0.3 is 4.57 Å². The summed E-state index contributed by atoms with van der Waals surface area (Å²) in [6, 6.07) is 26.4. The van der Waals surface area contributed by atoms with Crippen molar-refractivity contribution in [3.63, 3.8) is 0 Å². The maximum atomic E-state index is 6.99. The summed E-state index contributed by atoms with van der Waals surface area (Å²) < 4.78 is 4.83. The van der Waals surface area contributed by atoms with E-state index in [9.17, 15) is 0 Å². The lowest BCUT2D eigenvalue weighted by Crippen LogP contribution is -2.14. The van der Waals surface area contributed by atoms with Crippen LogP contribution in [0.4, 0.5) is 5.69 Å². The molecular formula is C35H30ClN2+. The lowest BCUT2D eigenvalue weighted by molar-refractivity contribution is -0.430. The molecule has 0 unspecified atom stereocenters. The van der Waals surface area contributed by atoms with Crippen LogP contribution >= 0.6 is 11.6 Å². The number of halogens is 1. The van der Waals surface area contributed by atoms with E-state index >= 15 is 0 Å². The Kier molecular flexibility index (Phi) is 5.60. The van der Waals surface area contributed by atoms with Crippen molar-refractivity contribution >= 4 is 61.5 Å². The zero-order valence-corrected chi connectivity index (χ0v) is 22.6. The smallest absolute Gasteiger partial charge is 0.214 e. The van der Waals surface area contributed by atoms with Gasteiger partial charge in [-0.3, -0.25) is 0 Å². The summed E-state index contributed by atoms with van der Waals surface area (Å²) in [5.74, 6) is 0. The number of benzene rings is 4. The molecule has 2 heterocycles. The van der Waals surface area contributed by atoms with Crippen LogP contribution in [0.5, 0.6) is 0 Å². The topological polar surface area (TPSA) is 7.94 Å². The minimum Gasteiger partial charge on any atom is -0.341 e. The maximum absolute atomic E-state index is 6.99. The number of rotatable bonds is 5. The van der Waals surface area contributed by atoms with E-state index in [1.807, 2.05) is 0 Å². The van der Waals surface area contributed by atoms with Crippen molar-refractivity contribution in [3.05, 3.63) is 118 Å². The van der Waals surface area contributed by atoms with Crippen molar-refractivity contribution < 1.29 is 4.58 Å². The molecule has 0 saturated carbocycles. The largest absolute Gasteiger partial charge is 0.341 e. The first-order valence-electron chi connectivity index (χ1n) is 13.6. The van der Waals surface area contributed by atoms with Gasteiger partial charge in [0, 0.05) is 45.4 Å². The number of aromatic nitrogens is 1. The Labute approximate surface area is 228 Å². The summed E-state index contributed by atoms with van der Waals surface area (Å²) in [6.07, 6.45) is 10.9. The average Bonchev–Trinajstić information content (AvgIpc) is 3.57. The molecule has 7 rings (SSSR count). The molecule has 38 heavy (non-hydrogen) atoms. The van der Waals surface area contributed by atoms with Crippen LogP contribution in [0.3, 0.4) is 0 Å². The lowest BCUT2D eigenvalue weighted by Gasteiger charge is -2.01. The van der Waals surface area contributed by atoms with E-state index in [2.05, 4.69) is 120 Å². The summed E-state index contributed by atoms with van der Waals surface area (Å²) in [5, 5.41) is 8.75. The second-order valence-electron chi connectivity index (χ2n) is 10.2. The molecule has 4 aromatic carbocycles. The highest BCUT2D eigenvalue weighted by Gasteiger charge is 2.29. The molecule has 0 amide bonds. The van der Waals surface area contributed by atoms with Crippen LogP contribution in [0.1, 0.15) is 32.3 Å². The van der Waals surface area contributed by atoms with Gasteiger partial charge in [0.1, 0.15) is 6.54 Å². The van der Waals surface area contributed by atoms with Gasteiger partial charge >= 0.3 is 0 Å². The van der Waals surface area contributed by atoms with E-state index in [1.165, 1.54) is 65.9 Å². The summed E-state index contributed by atoms with van der Waals surface area (Å²) in [4.78, 5) is 0. The van der Waals surface area contributed by atoms with Crippen molar-refractivity contribution in [1.29, 1.82) is 0 Å². The number of nitrogens with zero attached hydrogens (tertiary/aromatic N) is 2. The van der Waals surface area contributed by atoms with Crippen molar-refractivity contribution in [1.82, 2.24) is 4.57 Å². The quantitative estimate of drug-likeness (QED) is 0.208. The Hall–Kier alpha value is -3.88. The van der Waals surface area contributed by atoms with E-state index in [4.69, 9.17) is 11.6 Å². The van der Waals surface area contributed by atoms with E-state index in [0.717, 1.165) is 31.0 Å². The highest BCUT2D eigenvalue weighted by atomic mass is 35.5. The van der Waals surface area contributed by atoms with Gasteiger partial charge in [0.25, 0.3) is 0 Å². The van der Waals surface area contributed by atoms with Crippen molar-refractivity contribution in [2.45, 2.75) is 33.2 Å². The third kappa shape index (κ3) is 3.44. The number of hydrogen-bond acceptors (Lipinski definition) is 0. The van der Waals surface area contributed by atoms with Crippen LogP contribution in [0.25, 0.3) is 38.5 Å². The fraction of sp³-hybridized carbons (Fsp3) is 0.171. The molecule has 2 nitrogen and oxygen atoms in total. The molecule has 1 aliphatic carbocycles. The first kappa shape index (κ1) is 23.3. The van der Waals surface area contributed by atoms with Gasteiger partial charge in [-0.15, -0.1) is 0 Å². The second-order valence-corrected chi connectivity index (χ2v) is 10.5. The molecule has 5 aromatic rings. The normalized spacial score (nSPS) is 17.2. The Bertz CT molecular complexity index is 1930. The molecule has 0 radical (unpaired) electrons. The number of hydrogen-bond donors (Lipinski definition) is 0. The number of aryl methyl sites for hydroxylation is 1. The molecule has 0 atom stereocenters. The van der Waals surface area contributed by atoms with Crippen molar-refractivity contribution in [3.8, 4) is 0 Å². The van der Waals surface area contributed by atoms with Crippen LogP contribution in [-0.4, -0.2) is 21.4 Å². The average molecular weight is 514 g/mol. The maximum Gasteiger partial charge on any atom is 0.214 e. The van der Waals surface area contributed by atoms with Crippen LogP contribution in [0.2, 0.25) is 0 Å². The zero-order valence-electron chi connectivity index (χ0n) is 21.8. The summed E-state index contributed by atoms with van der Waals surface area (Å²) in [5.41, 5.74) is 7.59. The zero-order chi connectivity index (χ0) is 25.8. The van der Waals surface area contributed by atoms with E-state index < -0.39 is 0 Å². The highest BCUT2D eigenvalue weighted by Crippen LogP contribution is 2.37. The Morgan fingerprint density at radius 1 is 0.816 bits per heavy atom. The molecule has 2 aliphatic rings. The molecule has 1 aromatic heterocycles. The number of allylic oxidation sites excluding steroid dienone is 6. The Morgan fingerprint density at radius 2 is 1.55 bits per heavy atom. The summed E-state index contributed by atoms with van der Waals surface area (Å²) in [6.45, 7) is 6.30. The lowest BCUT2D eigenvalue weighted by atomic mass is 10.0. The minimum absolute atomic E-state index is 0.896. The van der Waals surface area contributed by atoms with Crippen LogP contribution < -0.4 is 5.35 Å². The molecule has 0 fully saturated rings. The van der Waals surface area contributed by atoms with E-state index in [1.54, 1.807) is 0 Å². The molecule has 3 heteroatoms. The van der Waals surface area contributed by atoms with Gasteiger partial charge in [-0.25, -0.2) is 0 Å². The minimum atomic E-state index is 0.896. The van der Waals surface area contributed by atoms with Crippen molar-refractivity contribution in [2.75, 3.05) is 6.54 Å². The standard InChI is InChI=1S/C35H30ClN2/c1-3-37-29(27-13-5-9-23-11-7-15-31(37)33(23)27)21-19-25-17-18-26(35(25)36)20-22-30-28-14-6-10-24-12-8-16-32(34(24)28)38(30)4-2/h5-16,19-22H,3-4,17-18H2,1-2H3/q+1. The predicted octanol–water partition coefficient (Wildman–Crippen LogP) is 8.40. The Morgan fingerprint density at radius 3 is 2.34 bits per heavy atom. The first-order valence-corrected chi connectivity index (χ1v) is 14.0. The fourth-order valence-electron chi connectivity index (χ4n) is 6.48. The van der Waals surface area contributed by atoms with Crippen LogP contribution in [0.15, 0.2) is 107 Å². The fourth-order valence-corrected chi connectivity index (χ4v) is 6.79. The van der Waals surface area contributed by atoms with Gasteiger partial charge in [-0.05, 0) is 66.8 Å². The monoisotopic (exact) mass is 513 g/mol. The van der Waals surface area contributed by atoms with Gasteiger partial charge in [-0.1, -0.05) is 78.4 Å². The SMILES string of the molecule is CCn1c(=CC=C2CCC(C=CC3=[N+](CC)c4cccc5cccc3c45)=C2Cl)c2cccc3cccc1c32. The predicted molar refractivity (Wildman–Crippen MR) is 163 cm³/mol. The molecule has 0 spiro atoms.